The Morgan fingerprint density at radius 2 is 2.07 bits per heavy atom. The number of fused-ring (bicyclic) bond motifs is 1. The molecule has 8 heteroatoms. The second-order valence-electron chi connectivity index (χ2n) is 7.24. The molecule has 1 saturated heterocycles. The molecular formula is C20H24N8. The fourth-order valence-corrected chi connectivity index (χ4v) is 3.78. The molecule has 1 aliphatic heterocycles. The lowest BCUT2D eigenvalue weighted by Gasteiger charge is -2.28. The minimum absolute atomic E-state index is 0.548. The molecule has 0 amide bonds. The third kappa shape index (κ3) is 3.11. The summed E-state index contributed by atoms with van der Waals surface area (Å²) in [4.78, 5) is 12.2. The van der Waals surface area contributed by atoms with E-state index in [2.05, 4.69) is 42.6 Å². The van der Waals surface area contributed by atoms with Gasteiger partial charge in [-0.1, -0.05) is 0 Å². The smallest absolute Gasteiger partial charge is 0.150 e. The highest BCUT2D eigenvalue weighted by Crippen LogP contribution is 2.27. The lowest BCUT2D eigenvalue weighted by molar-refractivity contribution is 0.330. The van der Waals surface area contributed by atoms with Gasteiger partial charge in [-0.15, -0.1) is 0 Å². The van der Waals surface area contributed by atoms with E-state index >= 15 is 0 Å². The van der Waals surface area contributed by atoms with Crippen LogP contribution in [0.15, 0.2) is 42.9 Å². The Labute approximate surface area is 162 Å². The zero-order valence-corrected chi connectivity index (χ0v) is 15.6. The number of nitrogens with zero attached hydrogens (tertiary/aromatic N) is 3. The summed E-state index contributed by atoms with van der Waals surface area (Å²) in [6, 6.07) is 8.40. The van der Waals surface area contributed by atoms with E-state index in [0.717, 1.165) is 53.9 Å². The minimum Gasteiger partial charge on any atom is -0.396 e. The van der Waals surface area contributed by atoms with E-state index < -0.39 is 0 Å². The van der Waals surface area contributed by atoms with Gasteiger partial charge in [-0.3, -0.25) is 9.78 Å². The van der Waals surface area contributed by atoms with Gasteiger partial charge < -0.3 is 21.4 Å². The van der Waals surface area contributed by atoms with E-state index in [1.165, 1.54) is 0 Å². The molecule has 28 heavy (non-hydrogen) atoms. The van der Waals surface area contributed by atoms with E-state index in [1.54, 1.807) is 6.20 Å². The monoisotopic (exact) mass is 376 g/mol. The van der Waals surface area contributed by atoms with Crippen LogP contribution < -0.4 is 16.4 Å². The number of H-pyrrole nitrogens is 2. The standard InChI is InChI=1S/C20H24N8/c21-16-3-4-17(18-12-28(27-18)14-5-8-22-9-6-14)26-20(16)25-11-13-10-24-19-15(13)2-1-7-23-19/h1-4,7,10,12,14,22,27H,5-6,8-9,11,21H2,(H,23,24)(H,25,26). The Hall–Kier alpha value is -3.26. The number of anilines is 2. The Kier molecular flexibility index (Phi) is 4.25. The van der Waals surface area contributed by atoms with E-state index in [4.69, 9.17) is 10.7 Å². The molecule has 0 unspecified atom stereocenters. The molecule has 4 aromatic heterocycles. The first-order valence-corrected chi connectivity index (χ1v) is 9.67. The Morgan fingerprint density at radius 1 is 1.21 bits per heavy atom. The van der Waals surface area contributed by atoms with Crippen LogP contribution in [0.25, 0.3) is 22.4 Å². The van der Waals surface area contributed by atoms with Crippen molar-refractivity contribution in [2.45, 2.75) is 25.4 Å². The molecule has 0 aromatic carbocycles. The van der Waals surface area contributed by atoms with Crippen molar-refractivity contribution in [1.82, 2.24) is 30.0 Å². The summed E-state index contributed by atoms with van der Waals surface area (Å²) in [5, 5.41) is 11.3. The van der Waals surface area contributed by atoms with Crippen molar-refractivity contribution in [1.29, 1.82) is 0 Å². The summed E-state index contributed by atoms with van der Waals surface area (Å²) in [6.45, 7) is 2.77. The molecule has 5 heterocycles. The van der Waals surface area contributed by atoms with Crippen LogP contribution in [0.2, 0.25) is 0 Å². The molecule has 0 radical (unpaired) electrons. The quantitative estimate of drug-likeness (QED) is 0.368. The highest BCUT2D eigenvalue weighted by molar-refractivity contribution is 5.80. The van der Waals surface area contributed by atoms with Crippen molar-refractivity contribution in [3.8, 4) is 11.4 Å². The first kappa shape index (κ1) is 16.9. The van der Waals surface area contributed by atoms with Gasteiger partial charge in [-0.25, -0.2) is 9.97 Å². The van der Waals surface area contributed by atoms with Crippen LogP contribution in [0.3, 0.4) is 0 Å². The number of nitrogens with one attached hydrogen (secondary N) is 4. The summed E-state index contributed by atoms with van der Waals surface area (Å²) < 4.78 is 2.19. The summed E-state index contributed by atoms with van der Waals surface area (Å²) in [5.74, 6) is 0.693. The van der Waals surface area contributed by atoms with E-state index in [-0.39, 0.29) is 0 Å². The second-order valence-corrected chi connectivity index (χ2v) is 7.24. The van der Waals surface area contributed by atoms with Crippen molar-refractivity contribution in [3.05, 3.63) is 48.4 Å². The summed E-state index contributed by atoms with van der Waals surface area (Å²) in [5.41, 5.74) is 10.7. The zero-order valence-electron chi connectivity index (χ0n) is 15.6. The van der Waals surface area contributed by atoms with Crippen LogP contribution in [0.1, 0.15) is 24.4 Å². The number of nitrogens with two attached hydrogens (primary N) is 1. The van der Waals surface area contributed by atoms with Crippen molar-refractivity contribution in [2.24, 2.45) is 0 Å². The van der Waals surface area contributed by atoms with Gasteiger partial charge in [0.15, 0.2) is 0 Å². The maximum Gasteiger partial charge on any atom is 0.150 e. The third-order valence-corrected chi connectivity index (χ3v) is 5.41. The van der Waals surface area contributed by atoms with Gasteiger partial charge in [0, 0.05) is 30.5 Å². The van der Waals surface area contributed by atoms with Crippen LogP contribution in [-0.4, -0.2) is 37.8 Å². The molecule has 4 aromatic rings. The highest BCUT2D eigenvalue weighted by atomic mass is 15.3. The van der Waals surface area contributed by atoms with Crippen molar-refractivity contribution >= 4 is 22.5 Å². The van der Waals surface area contributed by atoms with Gasteiger partial charge in [0.25, 0.3) is 0 Å². The largest absolute Gasteiger partial charge is 0.396 e. The Balaban J connectivity index is 1.32. The van der Waals surface area contributed by atoms with Gasteiger partial charge >= 0.3 is 0 Å². The Morgan fingerprint density at radius 3 is 2.93 bits per heavy atom. The van der Waals surface area contributed by atoms with Crippen LogP contribution in [0, 0.1) is 0 Å². The summed E-state index contributed by atoms with van der Waals surface area (Å²) >= 11 is 0. The topological polar surface area (TPSA) is 112 Å². The first-order chi connectivity index (χ1) is 13.8. The van der Waals surface area contributed by atoms with Crippen LogP contribution >= 0.6 is 0 Å². The summed E-state index contributed by atoms with van der Waals surface area (Å²) in [7, 11) is 0. The molecule has 1 aliphatic rings. The van der Waals surface area contributed by atoms with Gasteiger partial charge in [0.2, 0.25) is 0 Å². The fourth-order valence-electron chi connectivity index (χ4n) is 3.78. The zero-order chi connectivity index (χ0) is 18.9. The normalized spacial score (nSPS) is 15.3. The predicted molar refractivity (Wildman–Crippen MR) is 111 cm³/mol. The van der Waals surface area contributed by atoms with Crippen molar-refractivity contribution in [3.63, 3.8) is 0 Å². The number of hydrogen-bond acceptors (Lipinski definition) is 5. The fraction of sp³-hybridized carbons (Fsp3) is 0.300. The predicted octanol–water partition coefficient (Wildman–Crippen LogP) is 2.87. The molecule has 0 atom stereocenters. The number of aromatic nitrogens is 5. The number of nitrogen functional groups attached to an aromatic ring is 1. The third-order valence-electron chi connectivity index (χ3n) is 5.41. The van der Waals surface area contributed by atoms with Gasteiger partial charge in [0.05, 0.1) is 23.1 Å². The lowest BCUT2D eigenvalue weighted by atomic mass is 10.1. The van der Waals surface area contributed by atoms with Crippen LogP contribution in [0.5, 0.6) is 0 Å². The molecule has 1 fully saturated rings. The number of aromatic amines is 2. The lowest BCUT2D eigenvalue weighted by Crippen LogP contribution is -2.31. The summed E-state index contributed by atoms with van der Waals surface area (Å²) in [6.07, 6.45) is 8.20. The van der Waals surface area contributed by atoms with Crippen molar-refractivity contribution < 1.29 is 0 Å². The van der Waals surface area contributed by atoms with Gasteiger partial charge in [-0.2, -0.15) is 0 Å². The molecule has 0 aliphatic carbocycles. The van der Waals surface area contributed by atoms with E-state index in [9.17, 15) is 0 Å². The van der Waals surface area contributed by atoms with Crippen LogP contribution in [0.4, 0.5) is 11.5 Å². The highest BCUT2D eigenvalue weighted by Gasteiger charge is 2.18. The molecule has 8 nitrogen and oxygen atoms in total. The average Bonchev–Trinajstić information content (AvgIpc) is 3.11. The van der Waals surface area contributed by atoms with E-state index in [0.29, 0.717) is 24.1 Å². The SMILES string of the molecule is Nc1ccc(-c2cn(C3CCNCC3)[nH]2)nc1NCc1c[nH]c2ncccc12. The molecule has 6 N–H and O–H groups in total. The number of piperidine rings is 1. The molecule has 5 rings (SSSR count). The Bertz CT molecular complexity index is 1070. The van der Waals surface area contributed by atoms with Gasteiger partial charge in [0.1, 0.15) is 11.5 Å². The molecule has 144 valence electrons. The maximum absolute atomic E-state index is 6.14. The molecule has 0 bridgehead atoms. The molecular weight excluding hydrogens is 352 g/mol. The molecule has 0 saturated carbocycles. The van der Waals surface area contributed by atoms with E-state index in [1.807, 2.05) is 24.4 Å². The minimum atomic E-state index is 0.548. The first-order valence-electron chi connectivity index (χ1n) is 9.67. The second kappa shape index (κ2) is 7.05. The van der Waals surface area contributed by atoms with Gasteiger partial charge in [-0.05, 0) is 55.8 Å². The number of pyridine rings is 2. The average molecular weight is 376 g/mol. The number of hydrogen-bond donors (Lipinski definition) is 5. The molecule has 0 spiro atoms. The maximum atomic E-state index is 6.14. The van der Waals surface area contributed by atoms with Crippen molar-refractivity contribution in [2.75, 3.05) is 24.1 Å². The van der Waals surface area contributed by atoms with Crippen LogP contribution in [-0.2, 0) is 6.54 Å². The number of rotatable bonds is 5.